The summed E-state index contributed by atoms with van der Waals surface area (Å²) in [6, 6.07) is 2.29. The summed E-state index contributed by atoms with van der Waals surface area (Å²) in [6.45, 7) is 8.87. The van der Waals surface area contributed by atoms with E-state index in [-0.39, 0.29) is 24.0 Å². The van der Waals surface area contributed by atoms with Crippen LogP contribution in [0, 0.1) is 17.3 Å². The Hall–Kier alpha value is -1.36. The lowest BCUT2D eigenvalue weighted by atomic mass is 9.57. The number of hydrogen-bond donors (Lipinski definition) is 1. The van der Waals surface area contributed by atoms with Gasteiger partial charge in [0.15, 0.2) is 0 Å². The molecule has 1 aromatic rings. The molecule has 22 heavy (non-hydrogen) atoms. The summed E-state index contributed by atoms with van der Waals surface area (Å²) in [5.74, 6) is 2.01. The highest BCUT2D eigenvalue weighted by Crippen LogP contribution is 2.47. The molecule has 0 saturated heterocycles. The van der Waals surface area contributed by atoms with Crippen LogP contribution in [0.2, 0.25) is 0 Å². The molecule has 2 atom stereocenters. The van der Waals surface area contributed by atoms with E-state index < -0.39 is 0 Å². The molecule has 1 fully saturated rings. The Morgan fingerprint density at radius 2 is 2.27 bits per heavy atom. The van der Waals surface area contributed by atoms with Crippen molar-refractivity contribution in [1.82, 2.24) is 10.5 Å². The summed E-state index contributed by atoms with van der Waals surface area (Å²) in [5.41, 5.74) is 1.09. The number of aromatic nitrogens is 1. The van der Waals surface area contributed by atoms with E-state index in [0.717, 1.165) is 30.7 Å². The maximum atomic E-state index is 11.6. The number of carbonyl (C=O) groups is 1. The van der Waals surface area contributed by atoms with Gasteiger partial charge in [0.1, 0.15) is 12.4 Å². The van der Waals surface area contributed by atoms with Crippen LogP contribution in [-0.2, 0) is 22.4 Å². The second kappa shape index (κ2) is 6.82. The van der Waals surface area contributed by atoms with Gasteiger partial charge in [-0.15, -0.1) is 0 Å². The first kappa shape index (κ1) is 17.0. The van der Waals surface area contributed by atoms with Crippen LogP contribution in [0.1, 0.15) is 45.6 Å². The van der Waals surface area contributed by atoms with Crippen LogP contribution in [0.15, 0.2) is 10.6 Å². The fraction of sp³-hybridized carbons (Fsp3) is 0.765. The minimum atomic E-state index is -0.0420. The summed E-state index contributed by atoms with van der Waals surface area (Å²) in [4.78, 5) is 11.6. The van der Waals surface area contributed by atoms with Gasteiger partial charge in [0.2, 0.25) is 5.91 Å². The monoisotopic (exact) mass is 308 g/mol. The maximum absolute atomic E-state index is 11.6. The normalized spacial score (nSPS) is 23.4. The zero-order valence-corrected chi connectivity index (χ0v) is 14.3. The van der Waals surface area contributed by atoms with Crippen LogP contribution in [0.4, 0.5) is 0 Å². The topological polar surface area (TPSA) is 64.4 Å². The van der Waals surface area contributed by atoms with Gasteiger partial charge < -0.3 is 14.6 Å². The SMILES string of the molecule is COCC(=O)N[C@H]1C[C@@H](Cc2cc(CC(C)C)on2)C1(C)C. The molecule has 5 heteroatoms. The summed E-state index contributed by atoms with van der Waals surface area (Å²) < 4.78 is 10.3. The molecule has 0 unspecified atom stereocenters. The first-order chi connectivity index (χ1) is 10.3. The number of methoxy groups -OCH3 is 1. The average molecular weight is 308 g/mol. The minimum Gasteiger partial charge on any atom is -0.375 e. The fourth-order valence-corrected chi connectivity index (χ4v) is 3.18. The zero-order valence-electron chi connectivity index (χ0n) is 14.3. The zero-order chi connectivity index (χ0) is 16.3. The van der Waals surface area contributed by atoms with Crippen LogP contribution in [-0.4, -0.2) is 30.8 Å². The van der Waals surface area contributed by atoms with Crippen molar-refractivity contribution in [1.29, 1.82) is 0 Å². The lowest BCUT2D eigenvalue weighted by Crippen LogP contribution is -2.59. The smallest absolute Gasteiger partial charge is 0.246 e. The molecule has 0 aromatic carbocycles. The molecular weight excluding hydrogens is 280 g/mol. The first-order valence-electron chi connectivity index (χ1n) is 8.05. The number of nitrogens with one attached hydrogen (secondary N) is 1. The van der Waals surface area contributed by atoms with Gasteiger partial charge in [-0.3, -0.25) is 4.79 Å². The predicted molar refractivity (Wildman–Crippen MR) is 84.4 cm³/mol. The van der Waals surface area contributed by atoms with Crippen molar-refractivity contribution in [2.75, 3.05) is 13.7 Å². The number of amides is 1. The summed E-state index contributed by atoms with van der Waals surface area (Å²) in [7, 11) is 1.54. The van der Waals surface area contributed by atoms with Crippen molar-refractivity contribution in [2.24, 2.45) is 17.3 Å². The van der Waals surface area contributed by atoms with E-state index in [9.17, 15) is 4.79 Å². The van der Waals surface area contributed by atoms with Crippen LogP contribution in [0.25, 0.3) is 0 Å². The standard InChI is InChI=1S/C17H28N2O3/c1-11(2)6-14-9-13(19-22-14)7-12-8-15(17(12,3)4)18-16(20)10-21-5/h9,11-12,15H,6-8,10H2,1-5H3,(H,18,20)/t12-,15+/m1/s1. The van der Waals surface area contributed by atoms with E-state index in [0.29, 0.717) is 11.8 Å². The molecular formula is C17H28N2O3. The Morgan fingerprint density at radius 1 is 1.55 bits per heavy atom. The number of carbonyl (C=O) groups excluding carboxylic acids is 1. The molecule has 2 rings (SSSR count). The molecule has 1 N–H and O–H groups in total. The molecule has 1 aromatic heterocycles. The molecule has 1 saturated carbocycles. The summed E-state index contributed by atoms with van der Waals surface area (Å²) in [5, 5.41) is 7.24. The third-order valence-corrected chi connectivity index (χ3v) is 4.75. The Bertz CT molecular complexity index is 508. The number of hydrogen-bond acceptors (Lipinski definition) is 4. The van der Waals surface area contributed by atoms with Crippen LogP contribution in [0.5, 0.6) is 0 Å². The molecule has 124 valence electrons. The van der Waals surface area contributed by atoms with Crippen molar-refractivity contribution < 1.29 is 14.1 Å². The first-order valence-corrected chi connectivity index (χ1v) is 8.05. The highest BCUT2D eigenvalue weighted by atomic mass is 16.5. The molecule has 1 heterocycles. The molecule has 5 nitrogen and oxygen atoms in total. The average Bonchev–Trinajstić information content (AvgIpc) is 2.84. The van der Waals surface area contributed by atoms with E-state index in [1.807, 2.05) is 0 Å². The predicted octanol–water partition coefficient (Wildman–Crippen LogP) is 2.59. The Kier molecular flexibility index (Phi) is 5.27. The van der Waals surface area contributed by atoms with Crippen molar-refractivity contribution >= 4 is 5.91 Å². The van der Waals surface area contributed by atoms with E-state index in [1.165, 1.54) is 7.11 Å². The maximum Gasteiger partial charge on any atom is 0.246 e. The molecule has 1 amide bonds. The second-order valence-electron chi connectivity index (χ2n) is 7.39. The third kappa shape index (κ3) is 3.88. The molecule has 0 spiro atoms. The highest BCUT2D eigenvalue weighted by Gasteiger charge is 2.48. The number of rotatable bonds is 7. The van der Waals surface area contributed by atoms with Crippen LogP contribution >= 0.6 is 0 Å². The lowest BCUT2D eigenvalue weighted by molar-refractivity contribution is -0.129. The van der Waals surface area contributed by atoms with Gasteiger partial charge in [-0.05, 0) is 30.1 Å². The molecule has 0 bridgehead atoms. The van der Waals surface area contributed by atoms with Gasteiger partial charge in [-0.2, -0.15) is 0 Å². The summed E-state index contributed by atoms with van der Waals surface area (Å²) in [6.07, 6.45) is 2.82. The Balaban J connectivity index is 1.87. The molecule has 1 aliphatic carbocycles. The fourth-order valence-electron chi connectivity index (χ4n) is 3.18. The molecule has 0 aliphatic heterocycles. The second-order valence-corrected chi connectivity index (χ2v) is 7.39. The Labute approximate surface area is 132 Å². The van der Waals surface area contributed by atoms with Crippen LogP contribution < -0.4 is 5.32 Å². The van der Waals surface area contributed by atoms with Crippen molar-refractivity contribution in [3.63, 3.8) is 0 Å². The van der Waals surface area contributed by atoms with E-state index >= 15 is 0 Å². The van der Waals surface area contributed by atoms with E-state index in [4.69, 9.17) is 9.26 Å². The summed E-state index contributed by atoms with van der Waals surface area (Å²) >= 11 is 0. The van der Waals surface area contributed by atoms with Gasteiger partial charge >= 0.3 is 0 Å². The van der Waals surface area contributed by atoms with Crippen molar-refractivity contribution in [3.05, 3.63) is 17.5 Å². The van der Waals surface area contributed by atoms with Gasteiger partial charge in [0.25, 0.3) is 0 Å². The van der Waals surface area contributed by atoms with Crippen molar-refractivity contribution in [2.45, 2.75) is 53.0 Å². The van der Waals surface area contributed by atoms with Crippen molar-refractivity contribution in [3.8, 4) is 0 Å². The Morgan fingerprint density at radius 3 is 2.86 bits per heavy atom. The number of ether oxygens (including phenoxy) is 1. The largest absolute Gasteiger partial charge is 0.375 e. The van der Waals surface area contributed by atoms with Gasteiger partial charge in [0.05, 0.1) is 5.69 Å². The van der Waals surface area contributed by atoms with Gasteiger partial charge in [-0.25, -0.2) is 0 Å². The quantitative estimate of drug-likeness (QED) is 0.841. The van der Waals surface area contributed by atoms with E-state index in [1.54, 1.807) is 0 Å². The molecule has 0 radical (unpaired) electrons. The lowest BCUT2D eigenvalue weighted by Gasteiger charge is -2.52. The highest BCUT2D eigenvalue weighted by molar-refractivity contribution is 5.77. The van der Waals surface area contributed by atoms with Crippen LogP contribution in [0.3, 0.4) is 0 Å². The van der Waals surface area contributed by atoms with Gasteiger partial charge in [0, 0.05) is 25.6 Å². The van der Waals surface area contributed by atoms with E-state index in [2.05, 4.69) is 44.2 Å². The minimum absolute atomic E-state index is 0.0420. The molecule has 1 aliphatic rings. The third-order valence-electron chi connectivity index (χ3n) is 4.75. The van der Waals surface area contributed by atoms with Gasteiger partial charge in [-0.1, -0.05) is 32.9 Å². The number of nitrogens with zero attached hydrogens (tertiary/aromatic N) is 1.